The lowest BCUT2D eigenvalue weighted by Crippen LogP contribution is -2.12. The van der Waals surface area contributed by atoms with E-state index in [9.17, 15) is 13.2 Å². The number of thioether (sulfide) groups is 1. The van der Waals surface area contributed by atoms with Crippen LogP contribution in [0.25, 0.3) is 5.69 Å². The van der Waals surface area contributed by atoms with Gasteiger partial charge in [0.05, 0.1) is 17.6 Å². The minimum absolute atomic E-state index is 0.108. The van der Waals surface area contributed by atoms with E-state index in [-0.39, 0.29) is 16.6 Å². The number of para-hydroxylation sites is 1. The lowest BCUT2D eigenvalue weighted by Gasteiger charge is -2.07. The fourth-order valence-electron chi connectivity index (χ4n) is 2.57. The van der Waals surface area contributed by atoms with Crippen molar-refractivity contribution in [2.45, 2.75) is 30.8 Å². The van der Waals surface area contributed by atoms with Gasteiger partial charge in [0.1, 0.15) is 22.3 Å². The standard InChI is InChI=1S/C20H15F3N6OS.C2H6/c21-20(22,23)19-25-17(24)10-18(26-19)31-12-13-11-29(28-27-13)14-6-8-16(9-7-14)30-15-4-2-1-3-5-15;1-2/h1-11H,12H2,(H2,24,25,26);1-2H3. The topological polar surface area (TPSA) is 91.7 Å². The zero-order valence-corrected chi connectivity index (χ0v) is 18.6. The number of alkyl halides is 3. The summed E-state index contributed by atoms with van der Waals surface area (Å²) >= 11 is 1.06. The summed E-state index contributed by atoms with van der Waals surface area (Å²) in [7, 11) is 0. The van der Waals surface area contributed by atoms with Gasteiger partial charge < -0.3 is 10.5 Å². The SMILES string of the molecule is CC.Nc1cc(SCc2cn(-c3ccc(Oc4ccccc4)cc3)nn2)nc(C(F)(F)F)n1. The van der Waals surface area contributed by atoms with Crippen molar-refractivity contribution >= 4 is 17.6 Å². The van der Waals surface area contributed by atoms with Gasteiger partial charge in [-0.3, -0.25) is 0 Å². The van der Waals surface area contributed by atoms with Crippen LogP contribution in [0.1, 0.15) is 25.4 Å². The van der Waals surface area contributed by atoms with Crippen LogP contribution in [-0.2, 0) is 11.9 Å². The maximum absolute atomic E-state index is 12.8. The van der Waals surface area contributed by atoms with Gasteiger partial charge in [-0.05, 0) is 36.4 Å². The molecule has 11 heteroatoms. The highest BCUT2D eigenvalue weighted by atomic mass is 32.2. The molecule has 0 atom stereocenters. The first-order valence-electron chi connectivity index (χ1n) is 9.96. The van der Waals surface area contributed by atoms with Crippen molar-refractivity contribution in [1.29, 1.82) is 0 Å². The van der Waals surface area contributed by atoms with Crippen molar-refractivity contribution in [2.24, 2.45) is 0 Å². The fraction of sp³-hybridized carbons (Fsp3) is 0.182. The number of nitrogens with two attached hydrogens (primary N) is 1. The van der Waals surface area contributed by atoms with Gasteiger partial charge >= 0.3 is 6.18 Å². The molecular formula is C22H21F3N6OS. The average molecular weight is 475 g/mol. The molecule has 0 fully saturated rings. The molecule has 2 aromatic heterocycles. The summed E-state index contributed by atoms with van der Waals surface area (Å²) in [6.07, 6.45) is -2.97. The molecule has 0 aliphatic carbocycles. The van der Waals surface area contributed by atoms with E-state index in [1.807, 2.05) is 56.3 Å². The van der Waals surface area contributed by atoms with E-state index in [1.54, 1.807) is 23.0 Å². The molecule has 0 bridgehead atoms. The Morgan fingerprint density at radius 2 is 1.64 bits per heavy atom. The summed E-state index contributed by atoms with van der Waals surface area (Å²) in [6.45, 7) is 4.00. The quantitative estimate of drug-likeness (QED) is 0.280. The summed E-state index contributed by atoms with van der Waals surface area (Å²) in [5, 5.41) is 8.23. The Morgan fingerprint density at radius 3 is 2.30 bits per heavy atom. The van der Waals surface area contributed by atoms with Gasteiger partial charge in [0.25, 0.3) is 0 Å². The number of aromatic nitrogens is 5. The number of hydrogen-bond donors (Lipinski definition) is 1. The van der Waals surface area contributed by atoms with Gasteiger partial charge in [-0.15, -0.1) is 5.10 Å². The summed E-state index contributed by atoms with van der Waals surface area (Å²) < 4.78 is 45.8. The number of halogens is 3. The summed E-state index contributed by atoms with van der Waals surface area (Å²) in [4.78, 5) is 6.73. The zero-order chi connectivity index (χ0) is 23.8. The van der Waals surface area contributed by atoms with Gasteiger partial charge in [0.2, 0.25) is 5.82 Å². The van der Waals surface area contributed by atoms with Gasteiger partial charge in [-0.2, -0.15) is 13.2 Å². The van der Waals surface area contributed by atoms with Crippen molar-refractivity contribution in [3.8, 4) is 17.2 Å². The van der Waals surface area contributed by atoms with Crippen LogP contribution in [-0.4, -0.2) is 25.0 Å². The number of rotatable bonds is 6. The van der Waals surface area contributed by atoms with Crippen molar-refractivity contribution in [2.75, 3.05) is 5.73 Å². The normalized spacial score (nSPS) is 10.9. The van der Waals surface area contributed by atoms with E-state index in [0.29, 0.717) is 11.4 Å². The van der Waals surface area contributed by atoms with E-state index < -0.39 is 12.0 Å². The minimum Gasteiger partial charge on any atom is -0.457 e. The third-order valence-corrected chi connectivity index (χ3v) is 4.91. The summed E-state index contributed by atoms with van der Waals surface area (Å²) in [5.74, 6) is 0.160. The lowest BCUT2D eigenvalue weighted by molar-refractivity contribution is -0.145. The molecule has 0 aliphatic heterocycles. The van der Waals surface area contributed by atoms with Crippen molar-refractivity contribution in [3.63, 3.8) is 0 Å². The minimum atomic E-state index is -4.66. The number of benzene rings is 2. The third kappa shape index (κ3) is 6.69. The van der Waals surface area contributed by atoms with E-state index >= 15 is 0 Å². The van der Waals surface area contributed by atoms with Crippen LogP contribution in [0.4, 0.5) is 19.0 Å². The molecule has 7 nitrogen and oxygen atoms in total. The van der Waals surface area contributed by atoms with Crippen molar-refractivity contribution in [1.82, 2.24) is 25.0 Å². The van der Waals surface area contributed by atoms with Gasteiger partial charge in [0, 0.05) is 11.8 Å². The lowest BCUT2D eigenvalue weighted by atomic mass is 10.3. The number of ether oxygens (including phenoxy) is 1. The van der Waals surface area contributed by atoms with Crippen LogP contribution in [0.2, 0.25) is 0 Å². The van der Waals surface area contributed by atoms with Crippen LogP contribution < -0.4 is 10.5 Å². The first kappa shape index (κ1) is 24.1. The Labute approximate surface area is 192 Å². The molecule has 4 rings (SSSR count). The number of nitrogen functional groups attached to an aromatic ring is 1. The predicted octanol–water partition coefficient (Wildman–Crippen LogP) is 5.77. The molecule has 2 aromatic carbocycles. The molecule has 0 saturated carbocycles. The monoisotopic (exact) mass is 474 g/mol. The molecule has 2 N–H and O–H groups in total. The smallest absolute Gasteiger partial charge is 0.451 e. The van der Waals surface area contributed by atoms with Gasteiger partial charge in [-0.1, -0.05) is 49.0 Å². The zero-order valence-electron chi connectivity index (χ0n) is 17.8. The Hall–Kier alpha value is -3.60. The van der Waals surface area contributed by atoms with Crippen molar-refractivity contribution in [3.05, 3.63) is 78.4 Å². The fourth-order valence-corrected chi connectivity index (χ4v) is 3.36. The molecule has 0 saturated heterocycles. The Kier molecular flexibility index (Phi) is 7.88. The molecule has 2 heterocycles. The largest absolute Gasteiger partial charge is 0.457 e. The van der Waals surface area contributed by atoms with Crippen LogP contribution in [0.3, 0.4) is 0 Å². The Bertz CT molecular complexity index is 1170. The summed E-state index contributed by atoms with van der Waals surface area (Å²) in [5.41, 5.74) is 6.79. The third-order valence-electron chi connectivity index (χ3n) is 3.96. The Morgan fingerprint density at radius 1 is 0.970 bits per heavy atom. The van der Waals surface area contributed by atoms with E-state index in [1.165, 1.54) is 6.07 Å². The molecule has 4 aromatic rings. The van der Waals surface area contributed by atoms with Gasteiger partial charge in [0.15, 0.2) is 0 Å². The molecule has 0 spiro atoms. The molecule has 33 heavy (non-hydrogen) atoms. The van der Waals surface area contributed by atoms with E-state index in [0.717, 1.165) is 23.2 Å². The highest BCUT2D eigenvalue weighted by Gasteiger charge is 2.35. The van der Waals surface area contributed by atoms with E-state index in [2.05, 4.69) is 20.3 Å². The second-order valence-electron chi connectivity index (χ2n) is 6.30. The molecular weight excluding hydrogens is 453 g/mol. The highest BCUT2D eigenvalue weighted by molar-refractivity contribution is 7.98. The van der Waals surface area contributed by atoms with Crippen LogP contribution >= 0.6 is 11.8 Å². The highest BCUT2D eigenvalue weighted by Crippen LogP contribution is 2.30. The van der Waals surface area contributed by atoms with Gasteiger partial charge in [-0.25, -0.2) is 14.6 Å². The molecule has 172 valence electrons. The number of nitrogens with zero attached hydrogens (tertiary/aromatic N) is 5. The number of hydrogen-bond acceptors (Lipinski definition) is 7. The van der Waals surface area contributed by atoms with Crippen LogP contribution in [0.5, 0.6) is 11.5 Å². The molecule has 0 radical (unpaired) electrons. The summed E-state index contributed by atoms with van der Waals surface area (Å²) in [6, 6.07) is 17.9. The van der Waals surface area contributed by atoms with Crippen LogP contribution in [0, 0.1) is 0 Å². The second-order valence-corrected chi connectivity index (χ2v) is 7.30. The first-order chi connectivity index (χ1) is 15.9. The van der Waals surface area contributed by atoms with E-state index in [4.69, 9.17) is 10.5 Å². The molecule has 0 unspecified atom stereocenters. The number of anilines is 1. The van der Waals surface area contributed by atoms with Crippen molar-refractivity contribution < 1.29 is 17.9 Å². The first-order valence-corrected chi connectivity index (χ1v) is 10.9. The second kappa shape index (κ2) is 10.8. The molecule has 0 amide bonds. The predicted molar refractivity (Wildman–Crippen MR) is 120 cm³/mol. The Balaban J connectivity index is 0.00000149. The maximum Gasteiger partial charge on any atom is 0.451 e. The molecule has 0 aliphatic rings. The average Bonchev–Trinajstić information content (AvgIpc) is 3.28. The van der Waals surface area contributed by atoms with Crippen LogP contribution in [0.15, 0.2) is 71.9 Å². The maximum atomic E-state index is 12.8.